The molecule has 2 aromatic rings. The van der Waals surface area contributed by atoms with E-state index in [0.717, 1.165) is 0 Å². The fourth-order valence-corrected chi connectivity index (χ4v) is 3.14. The molecular formula is C19H24ClN3O3. The van der Waals surface area contributed by atoms with E-state index >= 15 is 0 Å². The average Bonchev–Trinajstić information content (AvgIpc) is 3.07. The SMILES string of the molecule is CC(C)(C)C(=O)C(Cl)(C(=O)Nc1ccccc1)c1n[nH]cc1CCCO. The molecule has 140 valence electrons. The number of hydrogen-bond acceptors (Lipinski definition) is 4. The molecule has 0 radical (unpaired) electrons. The topological polar surface area (TPSA) is 95.1 Å². The first-order valence-corrected chi connectivity index (χ1v) is 8.83. The van der Waals surface area contributed by atoms with Gasteiger partial charge in [-0.15, -0.1) is 0 Å². The Hall–Kier alpha value is -2.18. The molecule has 2 rings (SSSR count). The Morgan fingerprint density at radius 1 is 1.23 bits per heavy atom. The number of nitrogens with one attached hydrogen (secondary N) is 2. The standard InChI is InChI=1S/C19H24ClN3O3/c1-18(2,3)16(25)19(20,15-13(8-7-11-24)12-21-23-15)17(26)22-14-9-5-4-6-10-14/h4-6,9-10,12,24H,7-8,11H2,1-3H3,(H,21,23)(H,22,26). The van der Waals surface area contributed by atoms with E-state index in [-0.39, 0.29) is 12.3 Å². The van der Waals surface area contributed by atoms with Gasteiger partial charge in [0.25, 0.3) is 5.91 Å². The molecule has 26 heavy (non-hydrogen) atoms. The van der Waals surface area contributed by atoms with Crippen LogP contribution >= 0.6 is 11.6 Å². The number of Topliss-reactive ketones (excluding diaryl/α,β-unsaturated/α-hetero) is 1. The number of alkyl halides is 1. The third kappa shape index (κ3) is 4.14. The Kier molecular flexibility index (Phi) is 6.21. The van der Waals surface area contributed by atoms with Crippen molar-refractivity contribution in [3.63, 3.8) is 0 Å². The molecule has 0 fully saturated rings. The number of benzene rings is 1. The molecule has 0 spiro atoms. The van der Waals surface area contributed by atoms with E-state index < -0.39 is 22.0 Å². The lowest BCUT2D eigenvalue weighted by molar-refractivity contribution is -0.135. The van der Waals surface area contributed by atoms with Crippen molar-refractivity contribution in [3.05, 3.63) is 47.8 Å². The highest BCUT2D eigenvalue weighted by Gasteiger charge is 2.52. The number of aromatic nitrogens is 2. The third-order valence-corrected chi connectivity index (χ3v) is 4.51. The van der Waals surface area contributed by atoms with Crippen LogP contribution in [0.1, 0.15) is 38.4 Å². The van der Waals surface area contributed by atoms with Gasteiger partial charge in [0.1, 0.15) is 5.69 Å². The number of halogens is 1. The van der Waals surface area contributed by atoms with Crippen molar-refractivity contribution in [3.8, 4) is 0 Å². The van der Waals surface area contributed by atoms with Crippen LogP contribution in [0.4, 0.5) is 5.69 Å². The summed E-state index contributed by atoms with van der Waals surface area (Å²) in [6.07, 6.45) is 2.53. The Morgan fingerprint density at radius 3 is 2.46 bits per heavy atom. The lowest BCUT2D eigenvalue weighted by Gasteiger charge is -2.30. The fourth-order valence-electron chi connectivity index (χ4n) is 2.65. The van der Waals surface area contributed by atoms with Crippen LogP contribution in [0.3, 0.4) is 0 Å². The number of aliphatic hydroxyl groups is 1. The number of rotatable bonds is 7. The first-order chi connectivity index (χ1) is 12.2. The minimum absolute atomic E-state index is 0.0106. The second-order valence-corrected chi connectivity index (χ2v) is 7.71. The van der Waals surface area contributed by atoms with Crippen molar-refractivity contribution in [2.75, 3.05) is 11.9 Å². The lowest BCUT2D eigenvalue weighted by Crippen LogP contribution is -2.48. The minimum atomic E-state index is -1.97. The van der Waals surface area contributed by atoms with Crippen molar-refractivity contribution < 1.29 is 14.7 Å². The Labute approximate surface area is 158 Å². The van der Waals surface area contributed by atoms with E-state index in [4.69, 9.17) is 16.7 Å². The number of aliphatic hydroxyl groups excluding tert-OH is 1. The number of anilines is 1. The summed E-state index contributed by atoms with van der Waals surface area (Å²) < 4.78 is 0. The number of carbonyl (C=O) groups is 2. The lowest BCUT2D eigenvalue weighted by atomic mass is 9.79. The second kappa shape index (κ2) is 8.01. The van der Waals surface area contributed by atoms with E-state index in [1.54, 1.807) is 51.2 Å². The average molecular weight is 378 g/mol. The van der Waals surface area contributed by atoms with Crippen molar-refractivity contribution in [1.29, 1.82) is 0 Å². The predicted octanol–water partition coefficient (Wildman–Crippen LogP) is 3.02. The van der Waals surface area contributed by atoms with Crippen molar-refractivity contribution >= 4 is 29.0 Å². The second-order valence-electron chi connectivity index (χ2n) is 7.14. The molecule has 3 N–H and O–H groups in total. The van der Waals surface area contributed by atoms with E-state index in [2.05, 4.69) is 15.5 Å². The molecule has 0 saturated heterocycles. The molecule has 1 atom stereocenters. The number of nitrogens with zero attached hydrogens (tertiary/aromatic N) is 1. The highest BCUT2D eigenvalue weighted by molar-refractivity contribution is 6.48. The predicted molar refractivity (Wildman–Crippen MR) is 101 cm³/mol. The summed E-state index contributed by atoms with van der Waals surface area (Å²) in [4.78, 5) is 24.3. The maximum Gasteiger partial charge on any atom is 0.259 e. The molecule has 1 amide bonds. The van der Waals surface area contributed by atoms with Crippen LogP contribution in [0.5, 0.6) is 0 Å². The van der Waals surface area contributed by atoms with Crippen molar-refractivity contribution in [2.24, 2.45) is 5.41 Å². The number of para-hydroxylation sites is 1. The molecule has 0 saturated carbocycles. The molecule has 1 unspecified atom stereocenters. The van der Waals surface area contributed by atoms with Gasteiger partial charge in [0.05, 0.1) is 0 Å². The van der Waals surface area contributed by atoms with Crippen LogP contribution in [0.15, 0.2) is 36.5 Å². The van der Waals surface area contributed by atoms with Crippen LogP contribution in [0.25, 0.3) is 0 Å². The van der Waals surface area contributed by atoms with Crippen molar-refractivity contribution in [1.82, 2.24) is 10.2 Å². The van der Waals surface area contributed by atoms with E-state index in [0.29, 0.717) is 24.1 Å². The summed E-state index contributed by atoms with van der Waals surface area (Å²) in [7, 11) is 0. The Bertz CT molecular complexity index is 768. The number of amides is 1. The molecule has 6 nitrogen and oxygen atoms in total. The van der Waals surface area contributed by atoms with Crippen LogP contribution in [0.2, 0.25) is 0 Å². The highest BCUT2D eigenvalue weighted by Crippen LogP contribution is 2.39. The van der Waals surface area contributed by atoms with E-state index in [1.165, 1.54) is 0 Å². The molecule has 0 aliphatic carbocycles. The maximum absolute atomic E-state index is 13.1. The first kappa shape index (κ1) is 20.1. The molecule has 0 bridgehead atoms. The zero-order chi connectivity index (χ0) is 19.4. The number of ketones is 1. The van der Waals surface area contributed by atoms with Gasteiger partial charge in [0.15, 0.2) is 5.78 Å². The highest BCUT2D eigenvalue weighted by atomic mass is 35.5. The molecular weight excluding hydrogens is 354 g/mol. The summed E-state index contributed by atoms with van der Waals surface area (Å²) in [5.74, 6) is -1.10. The van der Waals surface area contributed by atoms with Gasteiger partial charge in [0, 0.05) is 23.9 Å². The Morgan fingerprint density at radius 2 is 1.88 bits per heavy atom. The molecule has 1 heterocycles. The number of aromatic amines is 1. The molecule has 1 aromatic carbocycles. The van der Waals surface area contributed by atoms with Gasteiger partial charge in [-0.25, -0.2) is 0 Å². The van der Waals surface area contributed by atoms with Gasteiger partial charge in [-0.3, -0.25) is 14.7 Å². The monoisotopic (exact) mass is 377 g/mol. The molecule has 0 aliphatic heterocycles. The number of carbonyl (C=O) groups excluding carboxylic acids is 2. The maximum atomic E-state index is 13.1. The summed E-state index contributed by atoms with van der Waals surface area (Å²) in [6, 6.07) is 8.81. The van der Waals surface area contributed by atoms with Gasteiger partial charge in [-0.2, -0.15) is 5.10 Å². The Balaban J connectivity index is 2.48. The number of hydrogen-bond donors (Lipinski definition) is 3. The number of H-pyrrole nitrogens is 1. The summed E-state index contributed by atoms with van der Waals surface area (Å²) in [5, 5.41) is 18.6. The first-order valence-electron chi connectivity index (χ1n) is 8.45. The largest absolute Gasteiger partial charge is 0.396 e. The van der Waals surface area contributed by atoms with Crippen LogP contribution in [-0.2, 0) is 20.9 Å². The van der Waals surface area contributed by atoms with Crippen LogP contribution in [0, 0.1) is 5.41 Å². The molecule has 7 heteroatoms. The smallest absolute Gasteiger partial charge is 0.259 e. The van der Waals surface area contributed by atoms with Gasteiger partial charge >= 0.3 is 0 Å². The van der Waals surface area contributed by atoms with Gasteiger partial charge in [-0.1, -0.05) is 50.6 Å². The van der Waals surface area contributed by atoms with Gasteiger partial charge < -0.3 is 10.4 Å². The summed E-state index contributed by atoms with van der Waals surface area (Å²) in [5.41, 5.74) is 0.496. The zero-order valence-electron chi connectivity index (χ0n) is 15.2. The third-order valence-electron chi connectivity index (χ3n) is 3.99. The van der Waals surface area contributed by atoms with E-state index in [9.17, 15) is 9.59 Å². The van der Waals surface area contributed by atoms with Gasteiger partial charge in [-0.05, 0) is 30.5 Å². The summed E-state index contributed by atoms with van der Waals surface area (Å²) >= 11 is 6.72. The zero-order valence-corrected chi connectivity index (χ0v) is 15.9. The fraction of sp³-hybridized carbons (Fsp3) is 0.421. The quantitative estimate of drug-likeness (QED) is 0.510. The van der Waals surface area contributed by atoms with Gasteiger partial charge in [0.2, 0.25) is 4.87 Å². The van der Waals surface area contributed by atoms with Crippen molar-refractivity contribution in [2.45, 2.75) is 38.5 Å². The summed E-state index contributed by atoms with van der Waals surface area (Å²) in [6.45, 7) is 5.12. The minimum Gasteiger partial charge on any atom is -0.396 e. The van der Waals surface area contributed by atoms with Crippen LogP contribution < -0.4 is 5.32 Å². The molecule has 0 aliphatic rings. The normalized spacial score (nSPS) is 13.9. The van der Waals surface area contributed by atoms with E-state index in [1.807, 2.05) is 6.07 Å². The number of aryl methyl sites for hydroxylation is 1. The van der Waals surface area contributed by atoms with Crippen LogP contribution in [-0.4, -0.2) is 33.6 Å². The molecule has 1 aromatic heterocycles.